The molecule has 0 aromatic heterocycles. The largest absolute Gasteiger partial charge is 0.416 e. The minimum absolute atomic E-state index is 0.145. The normalized spacial score (nSPS) is 11.1. The Bertz CT molecular complexity index is 1090. The lowest BCUT2D eigenvalue weighted by molar-refractivity contribution is -0.137. The molecule has 3 rings (SSSR count). The Balaban J connectivity index is 1.91. The molecule has 4 nitrogen and oxygen atoms in total. The second-order valence-corrected chi connectivity index (χ2v) is 6.45. The van der Waals surface area contributed by atoms with Crippen LogP contribution in [0.2, 0.25) is 0 Å². The fraction of sp³-hybridized carbons (Fsp3) is 0.0909. The SMILES string of the molecule is CC(=O)Nc1ccc(F)c(NC(=O)c2ccccc2-c2ccc(C(F)(F)F)cc2)c1. The quantitative estimate of drug-likeness (QED) is 0.535. The Morgan fingerprint density at radius 2 is 1.53 bits per heavy atom. The van der Waals surface area contributed by atoms with Gasteiger partial charge >= 0.3 is 6.18 Å². The van der Waals surface area contributed by atoms with Gasteiger partial charge in [-0.15, -0.1) is 0 Å². The van der Waals surface area contributed by atoms with Gasteiger partial charge in [0, 0.05) is 18.2 Å². The summed E-state index contributed by atoms with van der Waals surface area (Å²) in [7, 11) is 0. The lowest BCUT2D eigenvalue weighted by Gasteiger charge is -2.13. The Morgan fingerprint density at radius 3 is 2.17 bits per heavy atom. The molecule has 0 atom stereocenters. The molecule has 3 aromatic carbocycles. The topological polar surface area (TPSA) is 58.2 Å². The molecule has 0 spiro atoms. The molecule has 0 aliphatic carbocycles. The lowest BCUT2D eigenvalue weighted by atomic mass is 9.98. The zero-order chi connectivity index (χ0) is 21.9. The summed E-state index contributed by atoms with van der Waals surface area (Å²) >= 11 is 0. The third kappa shape index (κ3) is 4.83. The number of rotatable bonds is 4. The summed E-state index contributed by atoms with van der Waals surface area (Å²) in [6.07, 6.45) is -4.47. The minimum atomic E-state index is -4.47. The Morgan fingerprint density at radius 1 is 0.867 bits per heavy atom. The first kappa shape index (κ1) is 21.0. The first-order valence-corrected chi connectivity index (χ1v) is 8.80. The maximum absolute atomic E-state index is 14.1. The summed E-state index contributed by atoms with van der Waals surface area (Å²) in [5.74, 6) is -1.71. The Hall–Kier alpha value is -3.68. The Kier molecular flexibility index (Phi) is 5.86. The van der Waals surface area contributed by atoms with E-state index in [0.29, 0.717) is 16.8 Å². The van der Waals surface area contributed by atoms with Crippen molar-refractivity contribution in [2.24, 2.45) is 0 Å². The summed E-state index contributed by atoms with van der Waals surface area (Å²) in [6, 6.07) is 14.4. The summed E-state index contributed by atoms with van der Waals surface area (Å²) in [6.45, 7) is 1.29. The van der Waals surface area contributed by atoms with Crippen LogP contribution in [0, 0.1) is 5.82 Å². The van der Waals surface area contributed by atoms with Gasteiger partial charge in [-0.2, -0.15) is 13.2 Å². The van der Waals surface area contributed by atoms with E-state index < -0.39 is 23.5 Å². The van der Waals surface area contributed by atoms with E-state index in [9.17, 15) is 27.2 Å². The first-order chi connectivity index (χ1) is 14.1. The van der Waals surface area contributed by atoms with Crippen molar-refractivity contribution in [2.45, 2.75) is 13.1 Å². The number of nitrogens with one attached hydrogen (secondary N) is 2. The van der Waals surface area contributed by atoms with Crippen molar-refractivity contribution in [3.63, 3.8) is 0 Å². The predicted molar refractivity (Wildman–Crippen MR) is 106 cm³/mol. The summed E-state index contributed by atoms with van der Waals surface area (Å²) in [4.78, 5) is 24.0. The molecule has 0 bridgehead atoms. The maximum Gasteiger partial charge on any atom is 0.416 e. The van der Waals surface area contributed by atoms with E-state index in [1.807, 2.05) is 0 Å². The van der Waals surface area contributed by atoms with Gasteiger partial charge in [0.05, 0.1) is 11.3 Å². The van der Waals surface area contributed by atoms with Gasteiger partial charge in [-0.25, -0.2) is 4.39 Å². The van der Waals surface area contributed by atoms with Gasteiger partial charge in [0.2, 0.25) is 5.91 Å². The first-order valence-electron chi connectivity index (χ1n) is 8.80. The molecular weight excluding hydrogens is 400 g/mol. The molecule has 2 N–H and O–H groups in total. The maximum atomic E-state index is 14.1. The molecule has 0 heterocycles. The number of halogens is 4. The van der Waals surface area contributed by atoms with Crippen molar-refractivity contribution in [3.8, 4) is 11.1 Å². The van der Waals surface area contributed by atoms with Crippen molar-refractivity contribution < 1.29 is 27.2 Å². The van der Waals surface area contributed by atoms with Crippen LogP contribution in [-0.2, 0) is 11.0 Å². The number of carbonyl (C=O) groups is 2. The second kappa shape index (κ2) is 8.36. The molecule has 0 saturated carbocycles. The molecule has 154 valence electrons. The standard InChI is InChI=1S/C22H16F4N2O2/c1-13(29)27-16-10-11-19(23)20(12-16)28-21(30)18-5-3-2-4-17(18)14-6-8-15(9-7-14)22(24,25)26/h2-12H,1H3,(H,27,29)(H,28,30). The van der Waals surface area contributed by atoms with Crippen LogP contribution >= 0.6 is 0 Å². The van der Waals surface area contributed by atoms with E-state index in [2.05, 4.69) is 10.6 Å². The monoisotopic (exact) mass is 416 g/mol. The number of hydrogen-bond acceptors (Lipinski definition) is 2. The molecule has 0 aliphatic rings. The van der Waals surface area contributed by atoms with Crippen LogP contribution < -0.4 is 10.6 Å². The van der Waals surface area contributed by atoms with Gasteiger partial charge in [-0.1, -0.05) is 30.3 Å². The van der Waals surface area contributed by atoms with Gasteiger partial charge in [0.25, 0.3) is 5.91 Å². The lowest BCUT2D eigenvalue weighted by Crippen LogP contribution is -2.15. The van der Waals surface area contributed by atoms with Crippen LogP contribution in [-0.4, -0.2) is 11.8 Å². The van der Waals surface area contributed by atoms with Crippen LogP contribution in [0.4, 0.5) is 28.9 Å². The van der Waals surface area contributed by atoms with Crippen LogP contribution in [0.15, 0.2) is 66.7 Å². The Labute approximate surface area is 169 Å². The average molecular weight is 416 g/mol. The molecule has 0 radical (unpaired) electrons. The number of benzene rings is 3. The van der Waals surface area contributed by atoms with Crippen LogP contribution in [0.5, 0.6) is 0 Å². The minimum Gasteiger partial charge on any atom is -0.326 e. The van der Waals surface area contributed by atoms with Crippen LogP contribution in [0.1, 0.15) is 22.8 Å². The molecule has 2 amide bonds. The van der Waals surface area contributed by atoms with Crippen LogP contribution in [0.3, 0.4) is 0 Å². The number of hydrogen-bond donors (Lipinski definition) is 2. The molecule has 0 aliphatic heterocycles. The molecule has 3 aromatic rings. The zero-order valence-electron chi connectivity index (χ0n) is 15.7. The highest BCUT2D eigenvalue weighted by Crippen LogP contribution is 2.32. The van der Waals surface area contributed by atoms with Gasteiger partial charge < -0.3 is 10.6 Å². The van der Waals surface area contributed by atoms with E-state index in [1.165, 1.54) is 37.3 Å². The molecular formula is C22H16F4N2O2. The predicted octanol–water partition coefficient (Wildman–Crippen LogP) is 5.72. The van der Waals surface area contributed by atoms with Crippen molar-refractivity contribution in [1.29, 1.82) is 0 Å². The number of anilines is 2. The number of alkyl halides is 3. The molecule has 30 heavy (non-hydrogen) atoms. The van der Waals surface area contributed by atoms with Gasteiger partial charge in [-0.05, 0) is 47.5 Å². The number of carbonyl (C=O) groups excluding carboxylic acids is 2. The fourth-order valence-corrected chi connectivity index (χ4v) is 2.86. The third-order valence-electron chi connectivity index (χ3n) is 4.23. The molecule has 0 fully saturated rings. The smallest absolute Gasteiger partial charge is 0.326 e. The van der Waals surface area contributed by atoms with E-state index in [-0.39, 0.29) is 17.2 Å². The van der Waals surface area contributed by atoms with Gasteiger partial charge in [0.15, 0.2) is 0 Å². The second-order valence-electron chi connectivity index (χ2n) is 6.45. The highest BCUT2D eigenvalue weighted by molar-refractivity contribution is 6.09. The van der Waals surface area contributed by atoms with Crippen molar-refractivity contribution in [3.05, 3.63) is 83.7 Å². The summed E-state index contributed by atoms with van der Waals surface area (Å²) in [5, 5.41) is 4.93. The van der Waals surface area contributed by atoms with Crippen LogP contribution in [0.25, 0.3) is 11.1 Å². The third-order valence-corrected chi connectivity index (χ3v) is 4.23. The highest BCUT2D eigenvalue weighted by Gasteiger charge is 2.30. The zero-order valence-corrected chi connectivity index (χ0v) is 15.7. The van der Waals surface area contributed by atoms with Gasteiger partial charge in [0.1, 0.15) is 5.82 Å². The molecule has 0 saturated heterocycles. The van der Waals surface area contributed by atoms with Crippen molar-refractivity contribution in [1.82, 2.24) is 0 Å². The summed E-state index contributed by atoms with van der Waals surface area (Å²) in [5.41, 5.74) is 0.304. The number of amides is 2. The van der Waals surface area contributed by atoms with E-state index >= 15 is 0 Å². The van der Waals surface area contributed by atoms with E-state index in [0.717, 1.165) is 18.2 Å². The van der Waals surface area contributed by atoms with Gasteiger partial charge in [-0.3, -0.25) is 9.59 Å². The average Bonchev–Trinajstić information content (AvgIpc) is 2.69. The van der Waals surface area contributed by atoms with E-state index in [1.54, 1.807) is 18.2 Å². The van der Waals surface area contributed by atoms with E-state index in [4.69, 9.17) is 0 Å². The summed E-state index contributed by atoms with van der Waals surface area (Å²) < 4.78 is 52.5. The van der Waals surface area contributed by atoms with Crippen molar-refractivity contribution in [2.75, 3.05) is 10.6 Å². The van der Waals surface area contributed by atoms with Crippen molar-refractivity contribution >= 4 is 23.2 Å². The molecule has 8 heteroatoms. The molecule has 0 unspecified atom stereocenters. The fourth-order valence-electron chi connectivity index (χ4n) is 2.86. The highest BCUT2D eigenvalue weighted by atomic mass is 19.4.